The molecule has 0 fully saturated rings. The van der Waals surface area contributed by atoms with Gasteiger partial charge in [0.2, 0.25) is 0 Å². The molecule has 0 bridgehead atoms. The van der Waals surface area contributed by atoms with E-state index in [1.165, 1.54) is 13.2 Å². The highest BCUT2D eigenvalue weighted by Gasteiger charge is 2.27. The maximum Gasteiger partial charge on any atom is 0.270 e. The lowest BCUT2D eigenvalue weighted by molar-refractivity contribution is -0.107. The van der Waals surface area contributed by atoms with Crippen LogP contribution < -0.4 is 4.74 Å². The number of carbonyl (C=O) groups excluding carboxylic acids is 1. The van der Waals surface area contributed by atoms with Crippen LogP contribution in [0.1, 0.15) is 24.5 Å². The molecule has 0 aliphatic carbocycles. The second-order valence-corrected chi connectivity index (χ2v) is 3.74. The van der Waals surface area contributed by atoms with Gasteiger partial charge in [-0.1, -0.05) is 0 Å². The lowest BCUT2D eigenvalue weighted by Crippen LogP contribution is -2.09. The summed E-state index contributed by atoms with van der Waals surface area (Å²) >= 11 is 0. The van der Waals surface area contributed by atoms with Gasteiger partial charge in [-0.25, -0.2) is 13.2 Å². The predicted octanol–water partition coefficient (Wildman–Crippen LogP) is 3.08. The maximum absolute atomic E-state index is 13.5. The Balaban J connectivity index is 3.23. The Kier molecular flexibility index (Phi) is 4.15. The summed E-state index contributed by atoms with van der Waals surface area (Å²) in [6, 6.07) is 1.93. The molecule has 1 aromatic rings. The molecule has 1 aromatic carbocycles. The third-order valence-electron chi connectivity index (χ3n) is 2.36. The molecule has 0 atom stereocenters. The Morgan fingerprint density at radius 1 is 1.41 bits per heavy atom. The number of alkyl halides is 2. The van der Waals surface area contributed by atoms with Gasteiger partial charge in [0, 0.05) is 18.9 Å². The van der Waals surface area contributed by atoms with Gasteiger partial charge in [0.05, 0.1) is 7.11 Å². The van der Waals surface area contributed by atoms with Crippen LogP contribution in [0.25, 0.3) is 0 Å². The summed E-state index contributed by atoms with van der Waals surface area (Å²) in [5.74, 6) is -4.05. The smallest absolute Gasteiger partial charge is 0.270 e. The number of aldehydes is 1. The maximum atomic E-state index is 13.5. The summed E-state index contributed by atoms with van der Waals surface area (Å²) in [7, 11) is 1.26. The second kappa shape index (κ2) is 5.21. The fraction of sp³-hybridized carbons (Fsp3) is 0.417. The number of methoxy groups -OCH3 is 1. The molecule has 0 saturated carbocycles. The van der Waals surface area contributed by atoms with E-state index in [0.29, 0.717) is 13.2 Å². The zero-order valence-corrected chi connectivity index (χ0v) is 9.60. The molecule has 94 valence electrons. The van der Waals surface area contributed by atoms with E-state index in [0.717, 1.165) is 6.07 Å². The van der Waals surface area contributed by atoms with Gasteiger partial charge >= 0.3 is 0 Å². The fourth-order valence-electron chi connectivity index (χ4n) is 1.53. The van der Waals surface area contributed by atoms with Crippen LogP contribution in [-0.2, 0) is 17.1 Å². The van der Waals surface area contributed by atoms with Crippen LogP contribution in [0.4, 0.5) is 13.2 Å². The Morgan fingerprint density at radius 3 is 2.53 bits per heavy atom. The molecule has 0 aromatic heterocycles. The summed E-state index contributed by atoms with van der Waals surface area (Å²) in [4.78, 5) is 10.3. The van der Waals surface area contributed by atoms with Crippen molar-refractivity contribution in [3.8, 4) is 5.75 Å². The molecule has 0 spiro atoms. The summed E-state index contributed by atoms with van der Waals surface area (Å²) in [6.45, 7) is 0.692. The highest BCUT2D eigenvalue weighted by atomic mass is 19.3. The van der Waals surface area contributed by atoms with Crippen molar-refractivity contribution in [3.05, 3.63) is 29.1 Å². The molecule has 0 N–H and O–H groups in total. The first-order valence-electron chi connectivity index (χ1n) is 5.08. The molecule has 0 unspecified atom stereocenters. The average Bonchev–Trinajstić information content (AvgIpc) is 2.24. The topological polar surface area (TPSA) is 26.3 Å². The normalized spacial score (nSPS) is 11.4. The Hall–Kier alpha value is -1.52. The zero-order chi connectivity index (χ0) is 13.1. The van der Waals surface area contributed by atoms with Crippen molar-refractivity contribution in [3.63, 3.8) is 0 Å². The van der Waals surface area contributed by atoms with Gasteiger partial charge < -0.3 is 9.53 Å². The largest absolute Gasteiger partial charge is 0.493 e. The van der Waals surface area contributed by atoms with Crippen LogP contribution in [-0.4, -0.2) is 13.4 Å². The molecule has 0 aliphatic heterocycles. The van der Waals surface area contributed by atoms with Crippen molar-refractivity contribution in [2.24, 2.45) is 0 Å². The van der Waals surface area contributed by atoms with Gasteiger partial charge in [-0.3, -0.25) is 0 Å². The standard InChI is InChI=1S/C12H13F3O2/c1-12(14,15)9-6-8(4-3-5-16)11(17-2)10(13)7-9/h5-7H,3-4H2,1-2H3. The van der Waals surface area contributed by atoms with Crippen molar-refractivity contribution < 1.29 is 22.7 Å². The fourth-order valence-corrected chi connectivity index (χ4v) is 1.53. The molecule has 0 radical (unpaired) electrons. The molecule has 0 heterocycles. The lowest BCUT2D eigenvalue weighted by atomic mass is 10.0. The van der Waals surface area contributed by atoms with Crippen molar-refractivity contribution in [2.75, 3.05) is 7.11 Å². The Bertz CT molecular complexity index is 411. The third kappa shape index (κ3) is 3.22. The highest BCUT2D eigenvalue weighted by molar-refractivity contribution is 5.51. The van der Waals surface area contributed by atoms with Crippen molar-refractivity contribution in [2.45, 2.75) is 25.7 Å². The quantitative estimate of drug-likeness (QED) is 0.746. The molecule has 0 amide bonds. The molecule has 17 heavy (non-hydrogen) atoms. The van der Waals surface area contributed by atoms with E-state index >= 15 is 0 Å². The van der Waals surface area contributed by atoms with Crippen molar-refractivity contribution >= 4 is 6.29 Å². The van der Waals surface area contributed by atoms with Crippen LogP contribution >= 0.6 is 0 Å². The molecule has 0 aliphatic rings. The highest BCUT2D eigenvalue weighted by Crippen LogP contribution is 2.33. The van der Waals surface area contributed by atoms with Crippen LogP contribution in [0.2, 0.25) is 0 Å². The SMILES string of the molecule is COc1c(F)cc(C(C)(F)F)cc1CCC=O. The monoisotopic (exact) mass is 246 g/mol. The number of hydrogen-bond donors (Lipinski definition) is 0. The molecule has 2 nitrogen and oxygen atoms in total. The average molecular weight is 246 g/mol. The number of aryl methyl sites for hydroxylation is 1. The van der Waals surface area contributed by atoms with Gasteiger partial charge in [-0.2, -0.15) is 0 Å². The van der Waals surface area contributed by atoms with Gasteiger partial charge in [-0.15, -0.1) is 0 Å². The van der Waals surface area contributed by atoms with Crippen LogP contribution in [0.3, 0.4) is 0 Å². The van der Waals surface area contributed by atoms with E-state index in [2.05, 4.69) is 0 Å². The van der Waals surface area contributed by atoms with Gasteiger partial charge in [0.25, 0.3) is 5.92 Å². The first-order valence-corrected chi connectivity index (χ1v) is 5.08. The number of rotatable bonds is 5. The van der Waals surface area contributed by atoms with E-state index in [9.17, 15) is 18.0 Å². The molecule has 0 saturated heterocycles. The third-order valence-corrected chi connectivity index (χ3v) is 2.36. The number of carbonyl (C=O) groups is 1. The Morgan fingerprint density at radius 2 is 2.06 bits per heavy atom. The minimum Gasteiger partial charge on any atom is -0.493 e. The zero-order valence-electron chi connectivity index (χ0n) is 9.60. The van der Waals surface area contributed by atoms with Gasteiger partial charge in [0.15, 0.2) is 11.6 Å². The summed E-state index contributed by atoms with van der Waals surface area (Å²) in [5.41, 5.74) is -0.146. The van der Waals surface area contributed by atoms with E-state index < -0.39 is 17.3 Å². The molecule has 5 heteroatoms. The van der Waals surface area contributed by atoms with E-state index in [4.69, 9.17) is 4.74 Å². The minimum absolute atomic E-state index is 0.0835. The summed E-state index contributed by atoms with van der Waals surface area (Å²) < 4.78 is 44.5. The first kappa shape index (κ1) is 13.5. The molecule has 1 rings (SSSR count). The summed E-state index contributed by atoms with van der Waals surface area (Å²) in [5, 5.41) is 0. The van der Waals surface area contributed by atoms with Crippen molar-refractivity contribution in [1.29, 1.82) is 0 Å². The predicted molar refractivity (Wildman–Crippen MR) is 56.9 cm³/mol. The number of halogens is 3. The van der Waals surface area contributed by atoms with E-state index in [1.54, 1.807) is 0 Å². The number of ether oxygens (including phenoxy) is 1. The minimum atomic E-state index is -3.12. The van der Waals surface area contributed by atoms with E-state index in [1.807, 2.05) is 0 Å². The van der Waals surface area contributed by atoms with Crippen molar-refractivity contribution in [1.82, 2.24) is 0 Å². The summed E-state index contributed by atoms with van der Waals surface area (Å²) in [6.07, 6.45) is 0.955. The molecular weight excluding hydrogens is 233 g/mol. The van der Waals surface area contributed by atoms with Crippen LogP contribution in [0.5, 0.6) is 5.75 Å². The second-order valence-electron chi connectivity index (χ2n) is 3.74. The number of hydrogen-bond acceptors (Lipinski definition) is 2. The van der Waals surface area contributed by atoms with Gasteiger partial charge in [-0.05, 0) is 24.1 Å². The van der Waals surface area contributed by atoms with Crippen LogP contribution in [0, 0.1) is 5.82 Å². The first-order chi connectivity index (χ1) is 7.90. The molecular formula is C12H13F3O2. The lowest BCUT2D eigenvalue weighted by Gasteiger charge is -2.15. The van der Waals surface area contributed by atoms with E-state index in [-0.39, 0.29) is 24.2 Å². The van der Waals surface area contributed by atoms with Crippen LogP contribution in [0.15, 0.2) is 12.1 Å². The van der Waals surface area contributed by atoms with Gasteiger partial charge in [0.1, 0.15) is 6.29 Å². The Labute approximate surface area is 97.4 Å². The number of benzene rings is 1.